The number of hydrogen-bond donors (Lipinski definition) is 0. The van der Waals surface area contributed by atoms with Crippen molar-refractivity contribution in [1.29, 1.82) is 0 Å². The Hall–Kier alpha value is -3.18. The molecule has 0 unspecified atom stereocenters. The first-order chi connectivity index (χ1) is 15.2. The van der Waals surface area contributed by atoms with E-state index in [0.29, 0.717) is 19.6 Å². The lowest BCUT2D eigenvalue weighted by Crippen LogP contribution is -2.35. The zero-order valence-corrected chi connectivity index (χ0v) is 17.5. The van der Waals surface area contributed by atoms with E-state index < -0.39 is 6.10 Å². The Morgan fingerprint density at radius 2 is 1.65 bits per heavy atom. The Labute approximate surface area is 182 Å². The van der Waals surface area contributed by atoms with Gasteiger partial charge in [-0.3, -0.25) is 4.79 Å². The summed E-state index contributed by atoms with van der Waals surface area (Å²) < 4.78 is 25.3. The molecule has 0 N–H and O–H groups in total. The number of carbonyl (C=O) groups excluding carboxylic acids is 1. The highest BCUT2D eigenvalue weighted by molar-refractivity contribution is 5.78. The lowest BCUT2D eigenvalue weighted by atomic mass is 9.94. The molecule has 3 aromatic carbocycles. The monoisotopic (exact) mass is 419 g/mol. The number of hydrogen-bond acceptors (Lipinski definition) is 3. The lowest BCUT2D eigenvalue weighted by Gasteiger charge is -2.35. The van der Waals surface area contributed by atoms with Crippen molar-refractivity contribution in [3.05, 3.63) is 101 Å². The fourth-order valence-corrected chi connectivity index (χ4v) is 4.06. The van der Waals surface area contributed by atoms with Crippen LogP contribution in [-0.4, -0.2) is 24.5 Å². The molecule has 2 atom stereocenters. The molecule has 4 nitrogen and oxygen atoms in total. The van der Waals surface area contributed by atoms with Crippen LogP contribution in [0.1, 0.15) is 41.7 Å². The van der Waals surface area contributed by atoms with Gasteiger partial charge in [0.15, 0.2) is 0 Å². The van der Waals surface area contributed by atoms with Crippen molar-refractivity contribution in [3.8, 4) is 5.75 Å². The summed E-state index contributed by atoms with van der Waals surface area (Å²) in [6.45, 7) is 1.04. The van der Waals surface area contributed by atoms with Gasteiger partial charge in [0.2, 0.25) is 5.91 Å². The summed E-state index contributed by atoms with van der Waals surface area (Å²) in [4.78, 5) is 14.6. The predicted molar refractivity (Wildman–Crippen MR) is 117 cm³/mol. The standard InChI is InChI=1S/C26H26FNO3/c1-30-23-15-9-19(10-16-23)18-31-26(21-11-13-22(27)14-12-21)25(20-6-3-2-4-7-20)28-17-5-8-24(28)29/h2-4,6-7,9-16,25-26H,5,8,17-18H2,1H3/t25-,26-/m1/s1. The first-order valence-electron chi connectivity index (χ1n) is 10.5. The van der Waals surface area contributed by atoms with Crippen molar-refractivity contribution in [3.63, 3.8) is 0 Å². The number of carbonyl (C=O) groups is 1. The van der Waals surface area contributed by atoms with Gasteiger partial charge in [-0.15, -0.1) is 0 Å². The van der Waals surface area contributed by atoms with E-state index in [2.05, 4.69) is 0 Å². The first kappa shape index (κ1) is 21.1. The third-order valence-corrected chi connectivity index (χ3v) is 5.66. The molecule has 1 fully saturated rings. The zero-order chi connectivity index (χ0) is 21.6. The molecule has 0 bridgehead atoms. The molecule has 0 aliphatic carbocycles. The highest BCUT2D eigenvalue weighted by Crippen LogP contribution is 2.39. The third-order valence-electron chi connectivity index (χ3n) is 5.66. The summed E-state index contributed by atoms with van der Waals surface area (Å²) in [6, 6.07) is 23.7. The minimum atomic E-state index is -0.438. The molecule has 160 valence electrons. The number of benzene rings is 3. The van der Waals surface area contributed by atoms with E-state index in [1.165, 1.54) is 12.1 Å². The maximum Gasteiger partial charge on any atom is 0.223 e. The fourth-order valence-electron chi connectivity index (χ4n) is 4.06. The number of ether oxygens (including phenoxy) is 2. The van der Waals surface area contributed by atoms with Gasteiger partial charge in [-0.05, 0) is 47.4 Å². The Bertz CT molecular complexity index is 989. The Morgan fingerprint density at radius 3 is 2.26 bits per heavy atom. The number of rotatable bonds is 8. The predicted octanol–water partition coefficient (Wildman–Crippen LogP) is 5.46. The van der Waals surface area contributed by atoms with Crippen molar-refractivity contribution < 1.29 is 18.7 Å². The minimum absolute atomic E-state index is 0.119. The summed E-state index contributed by atoms with van der Waals surface area (Å²) in [5, 5.41) is 0. The zero-order valence-electron chi connectivity index (χ0n) is 17.5. The van der Waals surface area contributed by atoms with Crippen LogP contribution in [0.2, 0.25) is 0 Å². The summed E-state index contributed by atoms with van der Waals surface area (Å²) >= 11 is 0. The molecule has 4 rings (SSSR count). The lowest BCUT2D eigenvalue weighted by molar-refractivity contribution is -0.134. The first-order valence-corrected chi connectivity index (χ1v) is 10.5. The Morgan fingerprint density at radius 1 is 0.935 bits per heavy atom. The quantitative estimate of drug-likeness (QED) is 0.487. The SMILES string of the molecule is COc1ccc(CO[C@H](c2ccc(F)cc2)[C@@H](c2ccccc2)N2CCCC2=O)cc1. The Balaban J connectivity index is 1.69. The second-order valence-electron chi connectivity index (χ2n) is 7.68. The summed E-state index contributed by atoms with van der Waals surface area (Å²) in [7, 11) is 1.63. The van der Waals surface area contributed by atoms with Gasteiger partial charge in [0.05, 0.1) is 19.8 Å². The molecular formula is C26H26FNO3. The summed E-state index contributed by atoms with van der Waals surface area (Å²) in [5.74, 6) is 0.601. The van der Waals surface area contributed by atoms with Gasteiger partial charge in [-0.25, -0.2) is 4.39 Å². The van der Waals surface area contributed by atoms with E-state index in [-0.39, 0.29) is 17.8 Å². The van der Waals surface area contributed by atoms with E-state index >= 15 is 0 Å². The van der Waals surface area contributed by atoms with Crippen LogP contribution in [0.25, 0.3) is 0 Å². The number of likely N-dealkylation sites (tertiary alicyclic amines) is 1. The van der Waals surface area contributed by atoms with Gasteiger partial charge < -0.3 is 14.4 Å². The molecule has 0 aromatic heterocycles. The van der Waals surface area contributed by atoms with Crippen molar-refractivity contribution >= 4 is 5.91 Å². The van der Waals surface area contributed by atoms with Crippen molar-refractivity contribution in [1.82, 2.24) is 4.90 Å². The van der Waals surface area contributed by atoms with Crippen LogP contribution >= 0.6 is 0 Å². The van der Waals surface area contributed by atoms with Gasteiger partial charge in [-0.1, -0.05) is 54.6 Å². The maximum absolute atomic E-state index is 13.6. The molecule has 1 aliphatic heterocycles. The van der Waals surface area contributed by atoms with E-state index in [0.717, 1.165) is 28.9 Å². The molecule has 3 aromatic rings. The highest BCUT2D eigenvalue weighted by Gasteiger charge is 2.36. The second kappa shape index (κ2) is 9.75. The van der Waals surface area contributed by atoms with Crippen LogP contribution in [0.4, 0.5) is 4.39 Å². The van der Waals surface area contributed by atoms with Gasteiger partial charge in [0.25, 0.3) is 0 Å². The molecule has 1 aliphatic rings. The number of halogens is 1. The van der Waals surface area contributed by atoms with E-state index in [9.17, 15) is 9.18 Å². The van der Waals surface area contributed by atoms with Gasteiger partial charge in [-0.2, -0.15) is 0 Å². The molecule has 0 spiro atoms. The van der Waals surface area contributed by atoms with Gasteiger partial charge in [0.1, 0.15) is 17.7 Å². The third kappa shape index (κ3) is 4.94. The molecule has 31 heavy (non-hydrogen) atoms. The van der Waals surface area contributed by atoms with Crippen LogP contribution in [0, 0.1) is 5.82 Å². The molecular weight excluding hydrogens is 393 g/mol. The number of methoxy groups -OCH3 is 1. The van der Waals surface area contributed by atoms with E-state index in [1.807, 2.05) is 59.5 Å². The maximum atomic E-state index is 13.6. The van der Waals surface area contributed by atoms with Crippen LogP contribution in [0.5, 0.6) is 5.75 Å². The molecule has 1 saturated heterocycles. The summed E-state index contributed by atoms with van der Waals surface area (Å²) in [6.07, 6.45) is 0.932. The number of nitrogens with zero attached hydrogens (tertiary/aromatic N) is 1. The van der Waals surface area contributed by atoms with E-state index in [1.54, 1.807) is 19.2 Å². The average molecular weight is 419 g/mol. The van der Waals surface area contributed by atoms with Crippen molar-refractivity contribution in [2.45, 2.75) is 31.6 Å². The Kier molecular flexibility index (Phi) is 6.63. The van der Waals surface area contributed by atoms with Crippen LogP contribution in [0.15, 0.2) is 78.9 Å². The molecule has 0 saturated carbocycles. The largest absolute Gasteiger partial charge is 0.497 e. The topological polar surface area (TPSA) is 38.8 Å². The van der Waals surface area contributed by atoms with Crippen LogP contribution < -0.4 is 4.74 Å². The van der Waals surface area contributed by atoms with Crippen LogP contribution in [-0.2, 0) is 16.1 Å². The smallest absolute Gasteiger partial charge is 0.223 e. The summed E-state index contributed by atoms with van der Waals surface area (Å²) in [5.41, 5.74) is 2.83. The minimum Gasteiger partial charge on any atom is -0.497 e. The molecule has 0 radical (unpaired) electrons. The second-order valence-corrected chi connectivity index (χ2v) is 7.68. The van der Waals surface area contributed by atoms with E-state index in [4.69, 9.17) is 9.47 Å². The molecule has 1 amide bonds. The highest BCUT2D eigenvalue weighted by atomic mass is 19.1. The van der Waals surface area contributed by atoms with Gasteiger partial charge >= 0.3 is 0 Å². The van der Waals surface area contributed by atoms with Gasteiger partial charge in [0, 0.05) is 13.0 Å². The average Bonchev–Trinajstić information content (AvgIpc) is 3.23. The van der Waals surface area contributed by atoms with Crippen molar-refractivity contribution in [2.75, 3.05) is 13.7 Å². The van der Waals surface area contributed by atoms with Crippen molar-refractivity contribution in [2.24, 2.45) is 0 Å². The fraction of sp³-hybridized carbons (Fsp3) is 0.269. The molecule has 5 heteroatoms. The normalized spacial score (nSPS) is 15.7. The molecule has 1 heterocycles. The van der Waals surface area contributed by atoms with Crippen LogP contribution in [0.3, 0.4) is 0 Å². The number of amides is 1.